The molecule has 0 fully saturated rings. The van der Waals surface area contributed by atoms with Gasteiger partial charge in [0, 0.05) is 21.2 Å². The molecular weight excluding hydrogens is 471 g/mol. The quantitative estimate of drug-likeness (QED) is 0.132. The molecule has 1 aliphatic heterocycles. The molecule has 36 heavy (non-hydrogen) atoms. The van der Waals surface area contributed by atoms with Crippen molar-refractivity contribution in [2.24, 2.45) is 13.0 Å². The molecule has 3 heteroatoms. The molecule has 182 valence electrons. The predicted octanol–water partition coefficient (Wildman–Crippen LogP) is 8.46. The van der Waals surface area contributed by atoms with Crippen molar-refractivity contribution >= 4 is 57.3 Å². The molecule has 0 saturated carbocycles. The Bertz CT molecular complexity index is 1720. The lowest BCUT2D eigenvalue weighted by atomic mass is 9.87. The van der Waals surface area contributed by atoms with Crippen LogP contribution in [0.15, 0.2) is 64.5 Å². The summed E-state index contributed by atoms with van der Waals surface area (Å²) in [4.78, 5) is 2.87. The topological polar surface area (TPSA) is 3.88 Å². The molecule has 0 bridgehead atoms. The first-order valence-corrected chi connectivity index (χ1v) is 17.5. The van der Waals surface area contributed by atoms with E-state index in [4.69, 9.17) is 0 Å². The lowest BCUT2D eigenvalue weighted by Crippen LogP contribution is -2.37. The van der Waals surface area contributed by atoms with Gasteiger partial charge >= 0.3 is 0 Å². The van der Waals surface area contributed by atoms with Crippen molar-refractivity contribution in [3.63, 3.8) is 0 Å². The SMILES string of the molecule is Cc1ccc2c(CC(C)C)c3c(c(C)c2c1)-c1c2c(cc4cc([Si](C)(C)C)ccc4c2cc[n+]1C)S3. The molecule has 2 heterocycles. The summed E-state index contributed by atoms with van der Waals surface area (Å²) >= 11 is 2.01. The lowest BCUT2D eigenvalue weighted by molar-refractivity contribution is -0.659. The molecule has 1 aliphatic rings. The van der Waals surface area contributed by atoms with Crippen LogP contribution in [0.2, 0.25) is 19.6 Å². The fourth-order valence-corrected chi connectivity index (χ4v) is 8.59. The molecule has 0 radical (unpaired) electrons. The van der Waals surface area contributed by atoms with Crippen LogP contribution in [0.3, 0.4) is 0 Å². The number of aryl methyl sites for hydroxylation is 3. The monoisotopic (exact) mass is 506 g/mol. The number of pyridine rings is 1. The molecule has 0 aliphatic carbocycles. The Kier molecular flexibility index (Phi) is 5.41. The fourth-order valence-electron chi connectivity index (χ4n) is 6.04. The highest BCUT2D eigenvalue weighted by atomic mass is 32.2. The zero-order valence-corrected chi connectivity index (χ0v) is 24.7. The molecule has 0 N–H and O–H groups in total. The van der Waals surface area contributed by atoms with E-state index in [9.17, 15) is 0 Å². The summed E-state index contributed by atoms with van der Waals surface area (Å²) in [6, 6.07) is 19.1. The van der Waals surface area contributed by atoms with Crippen LogP contribution in [0, 0.1) is 19.8 Å². The molecule has 1 nitrogen and oxygen atoms in total. The van der Waals surface area contributed by atoms with Crippen molar-refractivity contribution in [1.29, 1.82) is 0 Å². The van der Waals surface area contributed by atoms with Gasteiger partial charge in [0.25, 0.3) is 0 Å². The third-order valence-corrected chi connectivity index (χ3v) is 11.1. The third kappa shape index (κ3) is 3.54. The number of hydrogen-bond acceptors (Lipinski definition) is 1. The highest BCUT2D eigenvalue weighted by Gasteiger charge is 2.32. The van der Waals surface area contributed by atoms with E-state index in [2.05, 4.69) is 114 Å². The van der Waals surface area contributed by atoms with Crippen LogP contribution in [0.4, 0.5) is 0 Å². The number of rotatable bonds is 3. The minimum absolute atomic E-state index is 0.601. The van der Waals surface area contributed by atoms with Crippen molar-refractivity contribution < 1.29 is 4.57 Å². The van der Waals surface area contributed by atoms with E-state index in [1.54, 1.807) is 0 Å². The van der Waals surface area contributed by atoms with Crippen LogP contribution in [-0.4, -0.2) is 8.07 Å². The second kappa shape index (κ2) is 8.19. The van der Waals surface area contributed by atoms with Gasteiger partial charge in [-0.2, -0.15) is 0 Å². The first kappa shape index (κ1) is 23.8. The van der Waals surface area contributed by atoms with Gasteiger partial charge in [0.2, 0.25) is 5.69 Å². The average Bonchev–Trinajstić information content (AvgIpc) is 2.81. The van der Waals surface area contributed by atoms with E-state index >= 15 is 0 Å². The van der Waals surface area contributed by atoms with E-state index < -0.39 is 8.07 Å². The fraction of sp³-hybridized carbons (Fsp3) is 0.303. The minimum atomic E-state index is -1.39. The second-order valence-corrected chi connectivity index (χ2v) is 18.3. The van der Waals surface area contributed by atoms with Crippen LogP contribution >= 0.6 is 11.8 Å². The number of fused-ring (bicyclic) bond motifs is 5. The zero-order chi connectivity index (χ0) is 25.5. The van der Waals surface area contributed by atoms with Gasteiger partial charge in [-0.3, -0.25) is 0 Å². The summed E-state index contributed by atoms with van der Waals surface area (Å²) in [7, 11) is 0.831. The molecule has 0 spiro atoms. The van der Waals surface area contributed by atoms with Crippen molar-refractivity contribution in [2.45, 2.75) is 63.5 Å². The first-order chi connectivity index (χ1) is 17.0. The molecule has 5 aromatic rings. The number of benzene rings is 4. The molecule has 0 amide bonds. The Balaban J connectivity index is 1.77. The number of nitrogens with zero attached hydrogens (tertiary/aromatic N) is 1. The van der Waals surface area contributed by atoms with Gasteiger partial charge in [-0.15, -0.1) is 0 Å². The molecule has 0 atom stereocenters. The first-order valence-electron chi connectivity index (χ1n) is 13.2. The average molecular weight is 507 g/mol. The molecular formula is C33H36NSSi+. The molecule has 0 saturated heterocycles. The molecule has 0 unspecified atom stereocenters. The van der Waals surface area contributed by atoms with E-state index in [0.717, 1.165) is 6.42 Å². The van der Waals surface area contributed by atoms with Crippen LogP contribution in [0.5, 0.6) is 0 Å². The van der Waals surface area contributed by atoms with Crippen LogP contribution in [-0.2, 0) is 13.5 Å². The van der Waals surface area contributed by atoms with Crippen molar-refractivity contribution in [2.75, 3.05) is 0 Å². The Morgan fingerprint density at radius 3 is 2.33 bits per heavy atom. The van der Waals surface area contributed by atoms with Crippen LogP contribution in [0.25, 0.3) is 43.6 Å². The van der Waals surface area contributed by atoms with Crippen molar-refractivity contribution in [1.82, 2.24) is 0 Å². The maximum Gasteiger partial charge on any atom is 0.222 e. The van der Waals surface area contributed by atoms with Gasteiger partial charge in [-0.25, -0.2) is 4.57 Å². The van der Waals surface area contributed by atoms with E-state index in [1.807, 2.05) is 11.8 Å². The van der Waals surface area contributed by atoms with Crippen LogP contribution in [0.1, 0.15) is 30.5 Å². The molecule has 6 rings (SSSR count). The summed E-state index contributed by atoms with van der Waals surface area (Å²) in [6.45, 7) is 16.6. The highest BCUT2D eigenvalue weighted by molar-refractivity contribution is 8.00. The Morgan fingerprint density at radius 1 is 0.861 bits per heavy atom. The van der Waals surface area contributed by atoms with Gasteiger partial charge in [-0.05, 0) is 64.9 Å². The van der Waals surface area contributed by atoms with Crippen molar-refractivity contribution in [3.05, 3.63) is 71.4 Å². The van der Waals surface area contributed by atoms with E-state index in [-0.39, 0.29) is 0 Å². The lowest BCUT2D eigenvalue weighted by Gasteiger charge is -2.26. The summed E-state index contributed by atoms with van der Waals surface area (Å²) in [5.41, 5.74) is 7.07. The maximum atomic E-state index is 2.48. The number of hydrogen-bond donors (Lipinski definition) is 0. The van der Waals surface area contributed by atoms with Gasteiger partial charge in [0.05, 0.1) is 19.0 Å². The number of aromatic nitrogens is 1. The summed E-state index contributed by atoms with van der Waals surface area (Å²) in [6.07, 6.45) is 3.37. The molecule has 4 aromatic carbocycles. The van der Waals surface area contributed by atoms with E-state index in [0.29, 0.717) is 5.92 Å². The Morgan fingerprint density at radius 2 is 1.61 bits per heavy atom. The van der Waals surface area contributed by atoms with Gasteiger partial charge in [-0.1, -0.05) is 92.4 Å². The van der Waals surface area contributed by atoms with Crippen LogP contribution < -0.4 is 9.75 Å². The van der Waals surface area contributed by atoms with Gasteiger partial charge in [0.1, 0.15) is 7.05 Å². The van der Waals surface area contributed by atoms with Gasteiger partial charge < -0.3 is 0 Å². The minimum Gasteiger partial charge on any atom is -0.200 e. The normalized spacial score (nSPS) is 13.2. The smallest absolute Gasteiger partial charge is 0.200 e. The van der Waals surface area contributed by atoms with E-state index in [1.165, 1.54) is 75.2 Å². The zero-order valence-electron chi connectivity index (χ0n) is 22.8. The summed E-state index contributed by atoms with van der Waals surface area (Å²) < 4.78 is 2.36. The maximum absolute atomic E-state index is 2.48. The largest absolute Gasteiger partial charge is 0.222 e. The van der Waals surface area contributed by atoms with Crippen molar-refractivity contribution in [3.8, 4) is 11.3 Å². The third-order valence-electron chi connectivity index (χ3n) is 7.91. The summed E-state index contributed by atoms with van der Waals surface area (Å²) in [5, 5.41) is 9.91. The van der Waals surface area contributed by atoms with Gasteiger partial charge in [0.15, 0.2) is 6.20 Å². The predicted molar refractivity (Wildman–Crippen MR) is 161 cm³/mol. The second-order valence-electron chi connectivity index (χ2n) is 12.2. The molecule has 1 aromatic heterocycles. The Labute approximate surface area is 220 Å². The summed E-state index contributed by atoms with van der Waals surface area (Å²) in [5.74, 6) is 0.601. The highest BCUT2D eigenvalue weighted by Crippen LogP contribution is 2.53. The standard InChI is InChI=1S/C33H36NSSi/c1-19(2)15-28-25-11-9-20(3)16-27(25)21(4)30-32-31-26(13-14-34(32)5)24-12-10-23(36(6,7)8)17-22(24)18-29(31)35-33(28)30/h9-14,16-19H,15H2,1-8H3/q+1. The Hall–Kier alpha value is -2.62.